The van der Waals surface area contributed by atoms with Crippen molar-refractivity contribution in [3.8, 4) is 0 Å². The predicted molar refractivity (Wildman–Crippen MR) is 55.6 cm³/mol. The predicted octanol–water partition coefficient (Wildman–Crippen LogP) is -0.440. The summed E-state index contributed by atoms with van der Waals surface area (Å²) in [5.41, 5.74) is 1.98. The molecule has 0 aliphatic carbocycles. The SMILES string of the molecule is CC(C(=O)NN)C(C)N(CCO)CC(F)F. The lowest BCUT2D eigenvalue weighted by molar-refractivity contribution is -0.126. The molecule has 0 fully saturated rings. The number of aliphatic hydroxyl groups excluding tert-OH is 1. The number of carbonyl (C=O) groups excluding carboxylic acids is 1. The summed E-state index contributed by atoms with van der Waals surface area (Å²) in [6.45, 7) is 2.66. The zero-order valence-electron chi connectivity index (χ0n) is 9.49. The number of nitrogens with zero attached hydrogens (tertiary/aromatic N) is 1. The van der Waals surface area contributed by atoms with Crippen LogP contribution in [0.2, 0.25) is 0 Å². The summed E-state index contributed by atoms with van der Waals surface area (Å²) in [5, 5.41) is 8.76. The molecule has 0 radical (unpaired) electrons. The molecule has 96 valence electrons. The quantitative estimate of drug-likeness (QED) is 0.320. The topological polar surface area (TPSA) is 78.6 Å². The third-order valence-electron chi connectivity index (χ3n) is 2.62. The molecule has 0 rings (SSSR count). The van der Waals surface area contributed by atoms with E-state index < -0.39 is 30.8 Å². The third-order valence-corrected chi connectivity index (χ3v) is 2.62. The van der Waals surface area contributed by atoms with Gasteiger partial charge in [0.1, 0.15) is 0 Å². The minimum Gasteiger partial charge on any atom is -0.395 e. The standard InChI is InChI=1S/C9H19F2N3O2/c1-6(9(16)13-12)7(2)14(3-4-15)5-8(10)11/h6-8,15H,3-5,12H2,1-2H3,(H,13,16). The minimum atomic E-state index is -2.50. The number of hydrogen-bond acceptors (Lipinski definition) is 4. The Morgan fingerprint density at radius 3 is 2.44 bits per heavy atom. The molecule has 5 nitrogen and oxygen atoms in total. The first-order valence-electron chi connectivity index (χ1n) is 5.07. The van der Waals surface area contributed by atoms with Crippen LogP contribution in [-0.2, 0) is 4.79 Å². The van der Waals surface area contributed by atoms with Crippen molar-refractivity contribution in [1.82, 2.24) is 10.3 Å². The number of aliphatic hydroxyl groups is 1. The Balaban J connectivity index is 4.46. The van der Waals surface area contributed by atoms with Crippen LogP contribution in [0, 0.1) is 5.92 Å². The summed E-state index contributed by atoms with van der Waals surface area (Å²) in [6, 6.07) is -0.412. The lowest BCUT2D eigenvalue weighted by atomic mass is 10.0. The maximum atomic E-state index is 12.3. The number of hydrazine groups is 1. The maximum Gasteiger partial charge on any atom is 0.251 e. The van der Waals surface area contributed by atoms with Gasteiger partial charge < -0.3 is 5.11 Å². The number of carbonyl (C=O) groups is 1. The maximum absolute atomic E-state index is 12.3. The van der Waals surface area contributed by atoms with Crippen molar-refractivity contribution in [3.63, 3.8) is 0 Å². The van der Waals surface area contributed by atoms with Crippen LogP contribution in [0.1, 0.15) is 13.8 Å². The van der Waals surface area contributed by atoms with Crippen LogP contribution < -0.4 is 11.3 Å². The number of alkyl halides is 2. The van der Waals surface area contributed by atoms with E-state index in [1.807, 2.05) is 5.43 Å². The van der Waals surface area contributed by atoms with Gasteiger partial charge in [0, 0.05) is 12.6 Å². The normalized spacial score (nSPS) is 15.2. The Morgan fingerprint density at radius 2 is 2.06 bits per heavy atom. The Hall–Kier alpha value is -0.790. The van der Waals surface area contributed by atoms with Crippen LogP contribution in [0.5, 0.6) is 0 Å². The van der Waals surface area contributed by atoms with Crippen LogP contribution in [0.15, 0.2) is 0 Å². The number of hydrogen-bond donors (Lipinski definition) is 3. The van der Waals surface area contributed by atoms with Crippen LogP contribution in [0.25, 0.3) is 0 Å². The number of rotatable bonds is 7. The molecule has 7 heteroatoms. The van der Waals surface area contributed by atoms with E-state index in [1.54, 1.807) is 13.8 Å². The van der Waals surface area contributed by atoms with E-state index in [0.29, 0.717) is 0 Å². The molecule has 0 aromatic heterocycles. The van der Waals surface area contributed by atoms with E-state index in [1.165, 1.54) is 4.90 Å². The van der Waals surface area contributed by atoms with E-state index >= 15 is 0 Å². The monoisotopic (exact) mass is 239 g/mol. The second kappa shape index (κ2) is 7.48. The summed E-state index contributed by atoms with van der Waals surface area (Å²) in [5.74, 6) is 4.04. The fraction of sp³-hybridized carbons (Fsp3) is 0.889. The molecular weight excluding hydrogens is 220 g/mol. The third kappa shape index (κ3) is 4.82. The highest BCUT2D eigenvalue weighted by Gasteiger charge is 2.26. The van der Waals surface area contributed by atoms with E-state index in [4.69, 9.17) is 10.9 Å². The zero-order valence-corrected chi connectivity index (χ0v) is 9.49. The highest BCUT2D eigenvalue weighted by molar-refractivity contribution is 5.78. The molecule has 16 heavy (non-hydrogen) atoms. The smallest absolute Gasteiger partial charge is 0.251 e. The van der Waals surface area contributed by atoms with Crippen molar-refractivity contribution >= 4 is 5.91 Å². The average Bonchev–Trinajstić information content (AvgIpc) is 2.24. The van der Waals surface area contributed by atoms with Crippen LogP contribution in [-0.4, -0.2) is 48.1 Å². The highest BCUT2D eigenvalue weighted by atomic mass is 19.3. The lowest BCUT2D eigenvalue weighted by Crippen LogP contribution is -2.48. The van der Waals surface area contributed by atoms with Gasteiger partial charge in [0.15, 0.2) is 0 Å². The van der Waals surface area contributed by atoms with Crippen molar-refractivity contribution in [2.45, 2.75) is 26.3 Å². The Bertz CT molecular complexity index is 217. The minimum absolute atomic E-state index is 0.105. The van der Waals surface area contributed by atoms with Crippen LogP contribution in [0.4, 0.5) is 8.78 Å². The molecule has 1 amide bonds. The fourth-order valence-electron chi connectivity index (χ4n) is 1.43. The fourth-order valence-corrected chi connectivity index (χ4v) is 1.43. The summed E-state index contributed by atoms with van der Waals surface area (Å²) < 4.78 is 24.5. The van der Waals surface area contributed by atoms with Crippen molar-refractivity contribution in [3.05, 3.63) is 0 Å². The molecule has 2 unspecified atom stereocenters. The number of halogens is 2. The molecule has 0 bridgehead atoms. The first-order valence-corrected chi connectivity index (χ1v) is 5.07. The van der Waals surface area contributed by atoms with Crippen molar-refractivity contribution in [1.29, 1.82) is 0 Å². The van der Waals surface area contributed by atoms with Gasteiger partial charge in [-0.15, -0.1) is 0 Å². The second-order valence-corrected chi connectivity index (χ2v) is 3.65. The molecule has 4 N–H and O–H groups in total. The molecule has 0 aliphatic rings. The Kier molecular flexibility index (Phi) is 7.11. The molecule has 0 spiro atoms. The van der Waals surface area contributed by atoms with Gasteiger partial charge in [-0.1, -0.05) is 6.92 Å². The summed E-state index contributed by atoms with van der Waals surface area (Å²) in [7, 11) is 0. The number of nitrogens with two attached hydrogens (primary N) is 1. The molecule has 0 saturated carbocycles. The first kappa shape index (κ1) is 15.2. The number of nitrogens with one attached hydrogen (secondary N) is 1. The number of amides is 1. The molecule has 0 heterocycles. The van der Waals surface area contributed by atoms with Gasteiger partial charge in [-0.05, 0) is 6.92 Å². The van der Waals surface area contributed by atoms with Gasteiger partial charge in [-0.25, -0.2) is 14.6 Å². The Labute approximate surface area is 93.6 Å². The average molecular weight is 239 g/mol. The van der Waals surface area contributed by atoms with Gasteiger partial charge in [0.2, 0.25) is 5.91 Å². The van der Waals surface area contributed by atoms with Gasteiger partial charge >= 0.3 is 0 Å². The first-order chi connectivity index (χ1) is 7.43. The summed E-state index contributed by atoms with van der Waals surface area (Å²) in [6.07, 6.45) is -2.50. The van der Waals surface area contributed by atoms with Crippen molar-refractivity contribution in [2.75, 3.05) is 19.7 Å². The molecule has 2 atom stereocenters. The lowest BCUT2D eigenvalue weighted by Gasteiger charge is -2.31. The van der Waals surface area contributed by atoms with E-state index in [0.717, 1.165) is 0 Å². The largest absolute Gasteiger partial charge is 0.395 e. The van der Waals surface area contributed by atoms with Gasteiger partial charge in [0.05, 0.1) is 19.1 Å². The zero-order chi connectivity index (χ0) is 12.7. The van der Waals surface area contributed by atoms with Crippen LogP contribution in [0.3, 0.4) is 0 Å². The summed E-state index contributed by atoms with van der Waals surface area (Å²) >= 11 is 0. The highest BCUT2D eigenvalue weighted by Crippen LogP contribution is 2.12. The van der Waals surface area contributed by atoms with E-state index in [2.05, 4.69) is 0 Å². The Morgan fingerprint density at radius 1 is 1.50 bits per heavy atom. The molecule has 0 saturated heterocycles. The molecule has 0 aromatic carbocycles. The molecule has 0 aromatic rings. The van der Waals surface area contributed by atoms with E-state index in [9.17, 15) is 13.6 Å². The molecule has 0 aliphatic heterocycles. The van der Waals surface area contributed by atoms with Crippen molar-refractivity contribution < 1.29 is 18.7 Å². The van der Waals surface area contributed by atoms with E-state index in [-0.39, 0.29) is 13.2 Å². The second-order valence-electron chi connectivity index (χ2n) is 3.65. The van der Waals surface area contributed by atoms with Crippen molar-refractivity contribution in [2.24, 2.45) is 11.8 Å². The molecular formula is C9H19F2N3O2. The van der Waals surface area contributed by atoms with Crippen LogP contribution >= 0.6 is 0 Å². The van der Waals surface area contributed by atoms with Gasteiger partial charge in [0.25, 0.3) is 6.43 Å². The van der Waals surface area contributed by atoms with Gasteiger partial charge in [-0.3, -0.25) is 15.1 Å². The van der Waals surface area contributed by atoms with Gasteiger partial charge in [-0.2, -0.15) is 0 Å². The summed E-state index contributed by atoms with van der Waals surface area (Å²) in [4.78, 5) is 12.6.